The van der Waals surface area contributed by atoms with Crippen molar-refractivity contribution in [1.29, 1.82) is 5.26 Å². The van der Waals surface area contributed by atoms with Gasteiger partial charge in [-0.1, -0.05) is 0 Å². The van der Waals surface area contributed by atoms with Crippen molar-refractivity contribution in [1.82, 2.24) is 5.32 Å². The normalized spacial score (nSPS) is 11.4. The van der Waals surface area contributed by atoms with Gasteiger partial charge in [0.1, 0.15) is 12.7 Å². The second-order valence-electron chi connectivity index (χ2n) is 3.93. The van der Waals surface area contributed by atoms with E-state index in [1.165, 1.54) is 0 Å². The maximum atomic E-state index is 11.7. The first kappa shape index (κ1) is 15.8. The van der Waals surface area contributed by atoms with E-state index in [0.717, 1.165) is 5.56 Å². The number of rotatable bonds is 8. The lowest BCUT2D eigenvalue weighted by Gasteiger charge is -2.08. The minimum Gasteiger partial charge on any atom is -0.472 e. The summed E-state index contributed by atoms with van der Waals surface area (Å²) < 4.78 is 14.9. The summed E-state index contributed by atoms with van der Waals surface area (Å²) in [7, 11) is 0. The number of nitriles is 1. The van der Waals surface area contributed by atoms with Crippen LogP contribution in [-0.4, -0.2) is 25.8 Å². The van der Waals surface area contributed by atoms with Gasteiger partial charge in [0.2, 0.25) is 0 Å². The largest absolute Gasteiger partial charge is 0.472 e. The van der Waals surface area contributed by atoms with Crippen LogP contribution in [0.1, 0.15) is 19.4 Å². The summed E-state index contributed by atoms with van der Waals surface area (Å²) in [4.78, 5) is 11.7. The van der Waals surface area contributed by atoms with E-state index in [-0.39, 0.29) is 12.2 Å². The smallest absolute Gasteiger partial charge is 0.350 e. The van der Waals surface area contributed by atoms with E-state index in [1.807, 2.05) is 13.0 Å². The molecule has 0 fully saturated rings. The van der Waals surface area contributed by atoms with E-state index in [1.54, 1.807) is 25.5 Å². The molecule has 0 aliphatic carbocycles. The van der Waals surface area contributed by atoms with Crippen molar-refractivity contribution in [3.05, 3.63) is 35.4 Å². The number of esters is 1. The average molecular weight is 278 g/mol. The Balaban J connectivity index is 2.51. The fourth-order valence-electron chi connectivity index (χ4n) is 1.41. The molecule has 0 saturated heterocycles. The van der Waals surface area contributed by atoms with Crippen LogP contribution in [0.2, 0.25) is 0 Å². The van der Waals surface area contributed by atoms with Crippen LogP contribution < -0.4 is 5.32 Å². The van der Waals surface area contributed by atoms with Gasteiger partial charge in [0, 0.05) is 24.4 Å². The number of ether oxygens (including phenoxy) is 2. The summed E-state index contributed by atoms with van der Waals surface area (Å²) in [6, 6.07) is 3.65. The maximum absolute atomic E-state index is 11.7. The van der Waals surface area contributed by atoms with Crippen molar-refractivity contribution < 1.29 is 18.7 Å². The third kappa shape index (κ3) is 5.16. The number of nitrogens with one attached hydrogen (secondary N) is 1. The molecule has 0 aromatic carbocycles. The maximum Gasteiger partial charge on any atom is 0.350 e. The molecule has 0 amide bonds. The number of hydrogen-bond donors (Lipinski definition) is 1. The van der Waals surface area contributed by atoms with Crippen molar-refractivity contribution in [3.63, 3.8) is 0 Å². The lowest BCUT2D eigenvalue weighted by molar-refractivity contribution is -0.140. The predicted molar refractivity (Wildman–Crippen MR) is 71.3 cm³/mol. The van der Waals surface area contributed by atoms with E-state index < -0.39 is 5.97 Å². The molecule has 0 saturated carbocycles. The molecule has 0 unspecified atom stereocenters. The molecule has 6 nitrogen and oxygen atoms in total. The highest BCUT2D eigenvalue weighted by Crippen LogP contribution is 2.06. The molecule has 1 heterocycles. The van der Waals surface area contributed by atoms with E-state index in [2.05, 4.69) is 5.32 Å². The van der Waals surface area contributed by atoms with Crippen molar-refractivity contribution in [2.75, 3.05) is 19.8 Å². The first-order valence-electron chi connectivity index (χ1n) is 6.29. The van der Waals surface area contributed by atoms with Gasteiger partial charge in [0.25, 0.3) is 0 Å². The molecule has 1 N–H and O–H groups in total. The van der Waals surface area contributed by atoms with Gasteiger partial charge in [-0.2, -0.15) is 5.26 Å². The Kier molecular flexibility index (Phi) is 6.93. The van der Waals surface area contributed by atoms with Crippen LogP contribution in [0, 0.1) is 11.3 Å². The summed E-state index contributed by atoms with van der Waals surface area (Å²) in [6.07, 6.45) is 3.15. The second kappa shape index (κ2) is 8.77. The number of nitrogens with zero attached hydrogens (tertiary/aromatic N) is 1. The zero-order chi connectivity index (χ0) is 14.8. The standard InChI is InChI=1S/C14H18N2O4/c1-3-18-6-7-20-14(17)13(8-15)11(2)16-9-12-4-5-19-10-12/h4-5,10,16H,3,6-7,9H2,1-2H3/b13-11+. The number of hydrogen-bond acceptors (Lipinski definition) is 6. The van der Waals surface area contributed by atoms with Crippen LogP contribution in [0.25, 0.3) is 0 Å². The minimum absolute atomic E-state index is 0.0370. The molecule has 20 heavy (non-hydrogen) atoms. The van der Waals surface area contributed by atoms with Crippen molar-refractivity contribution >= 4 is 5.97 Å². The highest BCUT2D eigenvalue weighted by atomic mass is 16.6. The monoisotopic (exact) mass is 278 g/mol. The Morgan fingerprint density at radius 3 is 2.90 bits per heavy atom. The molecule has 0 radical (unpaired) electrons. The summed E-state index contributed by atoms with van der Waals surface area (Å²) in [5, 5.41) is 12.0. The van der Waals surface area contributed by atoms with Crippen LogP contribution in [0.15, 0.2) is 34.3 Å². The summed E-state index contributed by atoms with van der Waals surface area (Å²) in [6.45, 7) is 4.99. The number of carbonyl (C=O) groups excluding carboxylic acids is 1. The number of carbonyl (C=O) groups is 1. The Morgan fingerprint density at radius 2 is 2.30 bits per heavy atom. The highest BCUT2D eigenvalue weighted by molar-refractivity contribution is 5.93. The number of furan rings is 1. The topological polar surface area (TPSA) is 84.5 Å². The van der Waals surface area contributed by atoms with Crippen molar-refractivity contribution in [3.8, 4) is 6.07 Å². The van der Waals surface area contributed by atoms with Gasteiger partial charge in [0.15, 0.2) is 5.57 Å². The molecule has 0 spiro atoms. The highest BCUT2D eigenvalue weighted by Gasteiger charge is 2.14. The Labute approximate surface area is 118 Å². The molecule has 108 valence electrons. The molecule has 1 aromatic heterocycles. The van der Waals surface area contributed by atoms with Gasteiger partial charge in [-0.05, 0) is 19.9 Å². The molecular formula is C14H18N2O4. The third-order valence-corrected chi connectivity index (χ3v) is 2.49. The molecule has 6 heteroatoms. The summed E-state index contributed by atoms with van der Waals surface area (Å²) in [5.74, 6) is -0.649. The van der Waals surface area contributed by atoms with E-state index >= 15 is 0 Å². The van der Waals surface area contributed by atoms with Crippen LogP contribution >= 0.6 is 0 Å². The fourth-order valence-corrected chi connectivity index (χ4v) is 1.41. The van der Waals surface area contributed by atoms with E-state index in [0.29, 0.717) is 25.5 Å². The first-order valence-corrected chi connectivity index (χ1v) is 6.29. The molecule has 1 aromatic rings. The summed E-state index contributed by atoms with van der Waals surface area (Å²) in [5.41, 5.74) is 1.35. The average Bonchev–Trinajstić information content (AvgIpc) is 2.95. The van der Waals surface area contributed by atoms with E-state index in [9.17, 15) is 4.79 Å². The van der Waals surface area contributed by atoms with Gasteiger partial charge in [0.05, 0.1) is 19.1 Å². The quantitative estimate of drug-likeness (QED) is 0.337. The molecular weight excluding hydrogens is 260 g/mol. The van der Waals surface area contributed by atoms with Crippen LogP contribution in [-0.2, 0) is 20.8 Å². The van der Waals surface area contributed by atoms with E-state index in [4.69, 9.17) is 19.2 Å². The zero-order valence-electron chi connectivity index (χ0n) is 11.6. The Bertz CT molecular complexity index is 486. The lowest BCUT2D eigenvalue weighted by Crippen LogP contribution is -2.18. The van der Waals surface area contributed by atoms with Gasteiger partial charge >= 0.3 is 5.97 Å². The van der Waals surface area contributed by atoms with Crippen molar-refractivity contribution in [2.45, 2.75) is 20.4 Å². The Hall–Kier alpha value is -2.26. The third-order valence-electron chi connectivity index (χ3n) is 2.49. The van der Waals surface area contributed by atoms with Crippen LogP contribution in [0.3, 0.4) is 0 Å². The van der Waals surface area contributed by atoms with Crippen molar-refractivity contribution in [2.24, 2.45) is 0 Å². The molecule has 1 rings (SSSR count). The fraction of sp³-hybridized carbons (Fsp3) is 0.429. The molecule has 0 bridgehead atoms. The molecule has 0 aliphatic heterocycles. The molecule has 0 atom stereocenters. The number of allylic oxidation sites excluding steroid dienone is 1. The summed E-state index contributed by atoms with van der Waals surface area (Å²) >= 11 is 0. The second-order valence-corrected chi connectivity index (χ2v) is 3.93. The zero-order valence-corrected chi connectivity index (χ0v) is 11.6. The van der Waals surface area contributed by atoms with Gasteiger partial charge in [-0.25, -0.2) is 4.79 Å². The van der Waals surface area contributed by atoms with Crippen LogP contribution in [0.5, 0.6) is 0 Å². The molecule has 0 aliphatic rings. The Morgan fingerprint density at radius 1 is 1.50 bits per heavy atom. The van der Waals surface area contributed by atoms with Gasteiger partial charge in [-0.15, -0.1) is 0 Å². The predicted octanol–water partition coefficient (Wildman–Crippen LogP) is 1.75. The van der Waals surface area contributed by atoms with Gasteiger partial charge < -0.3 is 19.2 Å². The first-order chi connectivity index (χ1) is 9.69. The van der Waals surface area contributed by atoms with Gasteiger partial charge in [-0.3, -0.25) is 0 Å². The van der Waals surface area contributed by atoms with Crippen LogP contribution in [0.4, 0.5) is 0 Å². The SMILES string of the molecule is CCOCCOC(=O)/C(C#N)=C(\C)NCc1ccoc1. The lowest BCUT2D eigenvalue weighted by atomic mass is 10.2. The minimum atomic E-state index is -0.649.